The van der Waals surface area contributed by atoms with Gasteiger partial charge in [0.1, 0.15) is 24.2 Å². The Labute approximate surface area is 247 Å². The standard InChI is InChI=1S/C20H40N8O8.Gd/c21-9-13(17(29)30)25-1-2-26(14(10-22)18(31)32)5-6-28(16(12-24)20(35)36)8-7-27(4-3-25)15(11-23)19(33)34;/h13-16H,1-12,21-24H2,(H,29,30)(H,31,32)(H,33,34)(H,35,36);/q;+3. The number of rotatable bonds is 12. The second kappa shape index (κ2) is 18.2. The number of nitrogens with zero attached hydrogens (tertiary/aromatic N) is 4. The van der Waals surface area contributed by atoms with E-state index in [0.717, 1.165) is 0 Å². The Balaban J connectivity index is 0.0000130. The van der Waals surface area contributed by atoms with Gasteiger partial charge in [0.25, 0.3) is 0 Å². The summed E-state index contributed by atoms with van der Waals surface area (Å²) in [6.07, 6.45) is 0. The van der Waals surface area contributed by atoms with Crippen LogP contribution in [0.3, 0.4) is 0 Å². The van der Waals surface area contributed by atoms with Gasteiger partial charge in [-0.05, 0) is 0 Å². The smallest absolute Gasteiger partial charge is 0.480 e. The van der Waals surface area contributed by atoms with Crippen molar-refractivity contribution in [1.82, 2.24) is 19.6 Å². The van der Waals surface area contributed by atoms with E-state index in [1.165, 1.54) is 0 Å². The number of nitrogens with two attached hydrogens (primary N) is 4. The quantitative estimate of drug-likeness (QED) is 0.0960. The third kappa shape index (κ3) is 10.9. The molecule has 0 aromatic heterocycles. The maximum Gasteiger partial charge on any atom is 3.00 e. The third-order valence-corrected chi connectivity index (χ3v) is 6.49. The monoisotopic (exact) mass is 678 g/mol. The van der Waals surface area contributed by atoms with Gasteiger partial charge < -0.3 is 43.4 Å². The van der Waals surface area contributed by atoms with Crippen LogP contribution in [0, 0.1) is 39.9 Å². The molecule has 1 fully saturated rings. The summed E-state index contributed by atoms with van der Waals surface area (Å²) in [6, 6.07) is -4.32. The van der Waals surface area contributed by atoms with Crippen molar-refractivity contribution in [2.75, 3.05) is 78.5 Å². The van der Waals surface area contributed by atoms with Crippen LogP contribution >= 0.6 is 0 Å². The van der Waals surface area contributed by atoms with E-state index in [2.05, 4.69) is 0 Å². The van der Waals surface area contributed by atoms with Crippen LogP contribution in [0.1, 0.15) is 0 Å². The second-order valence-corrected chi connectivity index (χ2v) is 8.50. The van der Waals surface area contributed by atoms with Gasteiger partial charge in [0.2, 0.25) is 0 Å². The molecule has 16 nitrogen and oxygen atoms in total. The van der Waals surface area contributed by atoms with Gasteiger partial charge >= 0.3 is 63.8 Å². The van der Waals surface area contributed by atoms with Gasteiger partial charge in [-0.25, -0.2) is 0 Å². The van der Waals surface area contributed by atoms with E-state index in [9.17, 15) is 39.6 Å². The van der Waals surface area contributed by atoms with Gasteiger partial charge in [0, 0.05) is 78.5 Å². The van der Waals surface area contributed by atoms with Gasteiger partial charge in [0.05, 0.1) is 0 Å². The zero-order valence-electron chi connectivity index (χ0n) is 20.7. The molecule has 0 aromatic rings. The average molecular weight is 678 g/mol. The molecule has 12 N–H and O–H groups in total. The summed E-state index contributed by atoms with van der Waals surface area (Å²) in [7, 11) is 0. The Morgan fingerprint density at radius 3 is 0.676 bits per heavy atom. The zero-order chi connectivity index (χ0) is 27.4. The average Bonchev–Trinajstić information content (AvgIpc) is 2.79. The molecule has 17 heteroatoms. The Bertz CT molecular complexity index is 615. The van der Waals surface area contributed by atoms with Crippen molar-refractivity contribution in [2.24, 2.45) is 22.9 Å². The fraction of sp³-hybridized carbons (Fsp3) is 0.800. The van der Waals surface area contributed by atoms with Crippen molar-refractivity contribution in [3.8, 4) is 0 Å². The van der Waals surface area contributed by atoms with Crippen molar-refractivity contribution in [2.45, 2.75) is 24.2 Å². The molecular formula is C20H40GdN8O8+3. The zero-order valence-corrected chi connectivity index (χ0v) is 22.9. The molecule has 0 aliphatic carbocycles. The molecular weight excluding hydrogens is 638 g/mol. The molecule has 1 aliphatic heterocycles. The largest absolute Gasteiger partial charge is 3.00 e. The number of aliphatic carboxylic acids is 4. The molecule has 213 valence electrons. The first kappa shape index (κ1) is 35.9. The second-order valence-electron chi connectivity index (χ2n) is 8.50. The SMILES string of the molecule is NCC(C(=O)O)N1CCN(C(CN)C(=O)O)CCN(C(CN)C(=O)O)CCN(C(CN)C(=O)O)CC1.[Gd+3]. The third-order valence-electron chi connectivity index (χ3n) is 6.49. The summed E-state index contributed by atoms with van der Waals surface area (Å²) in [5.41, 5.74) is 22.8. The Hall–Kier alpha value is -1.12. The summed E-state index contributed by atoms with van der Waals surface area (Å²) in [6.45, 7) is -0.0191. The molecule has 1 aliphatic rings. The molecule has 1 rings (SSSR count). The first-order valence-corrected chi connectivity index (χ1v) is 11.7. The van der Waals surface area contributed by atoms with Crippen LogP contribution in [-0.2, 0) is 19.2 Å². The fourth-order valence-electron chi connectivity index (χ4n) is 4.35. The fourth-order valence-corrected chi connectivity index (χ4v) is 4.35. The molecule has 4 atom stereocenters. The minimum absolute atomic E-state index is 0. The maximum absolute atomic E-state index is 11.8. The number of hydrogen-bond acceptors (Lipinski definition) is 12. The molecule has 1 heterocycles. The molecule has 1 radical (unpaired) electrons. The van der Waals surface area contributed by atoms with E-state index < -0.39 is 48.0 Å². The van der Waals surface area contributed by atoms with Crippen LogP contribution in [-0.4, -0.2) is 167 Å². The predicted molar refractivity (Wildman–Crippen MR) is 128 cm³/mol. The molecule has 37 heavy (non-hydrogen) atoms. The summed E-state index contributed by atoms with van der Waals surface area (Å²) in [5.74, 6) is -4.65. The number of carbonyl (C=O) groups is 4. The topological polar surface area (TPSA) is 266 Å². The van der Waals surface area contributed by atoms with Crippen molar-refractivity contribution >= 4 is 23.9 Å². The normalized spacial score (nSPS) is 20.9. The van der Waals surface area contributed by atoms with Crippen LogP contribution in [0.15, 0.2) is 0 Å². The van der Waals surface area contributed by atoms with Crippen LogP contribution in [0.2, 0.25) is 0 Å². The first-order chi connectivity index (χ1) is 17.0. The molecule has 0 amide bonds. The number of carboxylic acid groups (broad SMARTS) is 4. The van der Waals surface area contributed by atoms with Gasteiger partial charge in [-0.2, -0.15) is 0 Å². The van der Waals surface area contributed by atoms with E-state index in [0.29, 0.717) is 0 Å². The van der Waals surface area contributed by atoms with Gasteiger partial charge in [0.15, 0.2) is 0 Å². The van der Waals surface area contributed by atoms with E-state index >= 15 is 0 Å². The van der Waals surface area contributed by atoms with E-state index in [-0.39, 0.29) is 118 Å². The minimum atomic E-state index is -1.16. The van der Waals surface area contributed by atoms with E-state index in [4.69, 9.17) is 22.9 Å². The van der Waals surface area contributed by atoms with Crippen molar-refractivity contribution < 1.29 is 79.5 Å². The molecule has 0 saturated carbocycles. The summed E-state index contributed by atoms with van der Waals surface area (Å²) in [4.78, 5) is 53.6. The summed E-state index contributed by atoms with van der Waals surface area (Å²) < 4.78 is 0. The van der Waals surface area contributed by atoms with Crippen molar-refractivity contribution in [1.29, 1.82) is 0 Å². The Kier molecular flexibility index (Phi) is 17.7. The predicted octanol–water partition coefficient (Wildman–Crippen LogP) is -5.14. The van der Waals surface area contributed by atoms with Crippen LogP contribution < -0.4 is 22.9 Å². The number of carboxylic acids is 4. The molecule has 4 unspecified atom stereocenters. The summed E-state index contributed by atoms with van der Waals surface area (Å²) in [5, 5.41) is 38.6. The summed E-state index contributed by atoms with van der Waals surface area (Å²) >= 11 is 0. The maximum atomic E-state index is 11.8. The van der Waals surface area contributed by atoms with Crippen LogP contribution in [0.5, 0.6) is 0 Å². The molecule has 0 spiro atoms. The van der Waals surface area contributed by atoms with Crippen LogP contribution in [0.25, 0.3) is 0 Å². The Morgan fingerprint density at radius 2 is 0.595 bits per heavy atom. The molecule has 1 saturated heterocycles. The van der Waals surface area contributed by atoms with Gasteiger partial charge in [-0.3, -0.25) is 38.8 Å². The van der Waals surface area contributed by atoms with E-state index in [1.54, 1.807) is 19.6 Å². The van der Waals surface area contributed by atoms with Crippen molar-refractivity contribution in [3.05, 3.63) is 0 Å². The van der Waals surface area contributed by atoms with Gasteiger partial charge in [-0.1, -0.05) is 0 Å². The first-order valence-electron chi connectivity index (χ1n) is 11.7. The van der Waals surface area contributed by atoms with Gasteiger partial charge in [-0.15, -0.1) is 0 Å². The minimum Gasteiger partial charge on any atom is -0.480 e. The molecule has 0 bridgehead atoms. The Morgan fingerprint density at radius 1 is 0.459 bits per heavy atom. The van der Waals surface area contributed by atoms with Crippen molar-refractivity contribution in [3.63, 3.8) is 0 Å². The van der Waals surface area contributed by atoms with E-state index in [1.807, 2.05) is 0 Å². The van der Waals surface area contributed by atoms with Crippen LogP contribution in [0.4, 0.5) is 0 Å². The number of hydrogen-bond donors (Lipinski definition) is 8. The molecule has 0 aromatic carbocycles.